The Morgan fingerprint density at radius 1 is 1.13 bits per heavy atom. The first kappa shape index (κ1) is 15.2. The molecular weight excluding hydrogens is 290 g/mol. The minimum Gasteiger partial charge on any atom is -0.497 e. The van der Waals surface area contributed by atoms with Gasteiger partial charge in [-0.15, -0.1) is 0 Å². The van der Waals surface area contributed by atoms with Crippen LogP contribution >= 0.6 is 0 Å². The van der Waals surface area contributed by atoms with Crippen LogP contribution in [0.1, 0.15) is 27.2 Å². The maximum Gasteiger partial charge on any atom is 0.287 e. The van der Waals surface area contributed by atoms with Crippen LogP contribution in [0.4, 0.5) is 0 Å². The first-order valence-corrected chi connectivity index (χ1v) is 7.49. The molecule has 1 amide bonds. The molecule has 0 spiro atoms. The van der Waals surface area contributed by atoms with Crippen molar-refractivity contribution < 1.29 is 13.9 Å². The number of aryl methyl sites for hydroxylation is 2. The number of hydrogen-bond acceptors (Lipinski definition) is 3. The number of carbonyl (C=O) groups excluding carboxylic acids is 1. The van der Waals surface area contributed by atoms with E-state index >= 15 is 0 Å². The monoisotopic (exact) mass is 309 g/mol. The van der Waals surface area contributed by atoms with Crippen molar-refractivity contribution in [2.24, 2.45) is 0 Å². The Labute approximate surface area is 135 Å². The van der Waals surface area contributed by atoms with Gasteiger partial charge in [-0.25, -0.2) is 0 Å². The number of methoxy groups -OCH3 is 1. The van der Waals surface area contributed by atoms with Gasteiger partial charge in [0, 0.05) is 17.5 Å². The third-order valence-corrected chi connectivity index (χ3v) is 3.92. The molecule has 23 heavy (non-hydrogen) atoms. The van der Waals surface area contributed by atoms with Crippen molar-refractivity contribution in [2.45, 2.75) is 20.4 Å². The summed E-state index contributed by atoms with van der Waals surface area (Å²) in [5.74, 6) is 0.881. The van der Waals surface area contributed by atoms with Gasteiger partial charge in [0.25, 0.3) is 5.91 Å². The molecule has 118 valence electrons. The predicted octanol–water partition coefficient (Wildman–Crippen LogP) is 3.99. The number of nitrogens with one attached hydrogen (secondary N) is 1. The molecule has 3 rings (SSSR count). The highest BCUT2D eigenvalue weighted by atomic mass is 16.5. The fraction of sp³-hybridized carbons (Fsp3) is 0.211. The van der Waals surface area contributed by atoms with Crippen LogP contribution in [0, 0.1) is 13.8 Å². The number of amides is 1. The lowest BCUT2D eigenvalue weighted by Gasteiger charge is -2.04. The van der Waals surface area contributed by atoms with Crippen molar-refractivity contribution in [3.8, 4) is 5.75 Å². The summed E-state index contributed by atoms with van der Waals surface area (Å²) in [6, 6.07) is 13.6. The largest absolute Gasteiger partial charge is 0.497 e. The fourth-order valence-corrected chi connectivity index (χ4v) is 2.51. The molecule has 0 fully saturated rings. The van der Waals surface area contributed by atoms with E-state index in [0.29, 0.717) is 17.9 Å². The number of benzene rings is 2. The van der Waals surface area contributed by atoms with E-state index in [9.17, 15) is 4.79 Å². The predicted molar refractivity (Wildman–Crippen MR) is 89.9 cm³/mol. The molecule has 0 atom stereocenters. The first-order chi connectivity index (χ1) is 11.1. The van der Waals surface area contributed by atoms with Crippen LogP contribution < -0.4 is 10.1 Å². The average Bonchev–Trinajstić information content (AvgIpc) is 2.90. The standard InChI is InChI=1S/C19H19NO3/c1-12-4-6-14(7-5-12)11-20-19(21)18-13(2)16-10-15(22-3)8-9-17(16)23-18/h4-10H,11H2,1-3H3,(H,20,21). The maximum atomic E-state index is 12.4. The highest BCUT2D eigenvalue weighted by Gasteiger charge is 2.17. The Balaban J connectivity index is 1.80. The second-order valence-electron chi connectivity index (χ2n) is 5.59. The Kier molecular flexibility index (Phi) is 4.06. The summed E-state index contributed by atoms with van der Waals surface area (Å²) in [5, 5.41) is 3.79. The normalized spacial score (nSPS) is 10.7. The van der Waals surface area contributed by atoms with Gasteiger partial charge in [0.2, 0.25) is 0 Å². The molecule has 3 aromatic rings. The van der Waals surface area contributed by atoms with Gasteiger partial charge in [0.15, 0.2) is 5.76 Å². The van der Waals surface area contributed by atoms with Gasteiger partial charge in [-0.2, -0.15) is 0 Å². The number of carbonyl (C=O) groups is 1. The van der Waals surface area contributed by atoms with Gasteiger partial charge < -0.3 is 14.5 Å². The van der Waals surface area contributed by atoms with Crippen molar-refractivity contribution in [3.63, 3.8) is 0 Å². The summed E-state index contributed by atoms with van der Waals surface area (Å²) < 4.78 is 10.9. The Hall–Kier alpha value is -2.75. The van der Waals surface area contributed by atoms with Crippen LogP contribution in [-0.2, 0) is 6.54 Å². The summed E-state index contributed by atoms with van der Waals surface area (Å²) >= 11 is 0. The molecule has 0 saturated carbocycles. The lowest BCUT2D eigenvalue weighted by atomic mass is 10.1. The molecule has 0 saturated heterocycles. The minimum atomic E-state index is -0.210. The molecule has 0 bridgehead atoms. The summed E-state index contributed by atoms with van der Waals surface area (Å²) in [6.45, 7) is 4.39. The van der Waals surface area contributed by atoms with Gasteiger partial charge >= 0.3 is 0 Å². The molecule has 0 aliphatic carbocycles. The number of ether oxygens (including phenoxy) is 1. The van der Waals surface area contributed by atoms with Crippen LogP contribution in [0.5, 0.6) is 5.75 Å². The number of furan rings is 1. The summed E-state index contributed by atoms with van der Waals surface area (Å²) in [5.41, 5.74) is 3.76. The van der Waals surface area contributed by atoms with E-state index in [-0.39, 0.29) is 5.91 Å². The van der Waals surface area contributed by atoms with Crippen molar-refractivity contribution in [1.82, 2.24) is 5.32 Å². The number of rotatable bonds is 4. The summed E-state index contributed by atoms with van der Waals surface area (Å²) in [6.07, 6.45) is 0. The molecule has 4 nitrogen and oxygen atoms in total. The number of fused-ring (bicyclic) bond motifs is 1. The van der Waals surface area contributed by atoms with Crippen LogP contribution in [-0.4, -0.2) is 13.0 Å². The highest BCUT2D eigenvalue weighted by Crippen LogP contribution is 2.28. The third kappa shape index (κ3) is 3.06. The smallest absolute Gasteiger partial charge is 0.287 e. The highest BCUT2D eigenvalue weighted by molar-refractivity contribution is 5.99. The summed E-state index contributed by atoms with van der Waals surface area (Å²) in [7, 11) is 1.62. The van der Waals surface area contributed by atoms with E-state index in [2.05, 4.69) is 5.32 Å². The van der Waals surface area contributed by atoms with Crippen LogP contribution in [0.25, 0.3) is 11.0 Å². The molecular formula is C19H19NO3. The van der Waals surface area contributed by atoms with Crippen molar-refractivity contribution in [2.75, 3.05) is 7.11 Å². The maximum absolute atomic E-state index is 12.4. The van der Waals surface area contributed by atoms with Gasteiger partial charge in [-0.3, -0.25) is 4.79 Å². The van der Waals surface area contributed by atoms with Gasteiger partial charge in [-0.05, 0) is 37.6 Å². The Morgan fingerprint density at radius 3 is 2.57 bits per heavy atom. The molecule has 0 aliphatic rings. The van der Waals surface area contributed by atoms with E-state index in [1.165, 1.54) is 5.56 Å². The Bertz CT molecular complexity index is 847. The van der Waals surface area contributed by atoms with Gasteiger partial charge in [0.05, 0.1) is 7.11 Å². The number of hydrogen-bond donors (Lipinski definition) is 1. The minimum absolute atomic E-state index is 0.210. The molecule has 1 N–H and O–H groups in total. The molecule has 0 aliphatic heterocycles. The van der Waals surface area contributed by atoms with Crippen LogP contribution in [0.2, 0.25) is 0 Å². The molecule has 1 heterocycles. The zero-order valence-electron chi connectivity index (χ0n) is 13.5. The SMILES string of the molecule is COc1ccc2oc(C(=O)NCc3ccc(C)cc3)c(C)c2c1. The van der Waals surface area contributed by atoms with E-state index in [4.69, 9.17) is 9.15 Å². The quantitative estimate of drug-likeness (QED) is 0.793. The van der Waals surface area contributed by atoms with E-state index in [0.717, 1.165) is 22.3 Å². The van der Waals surface area contributed by atoms with Crippen LogP contribution in [0.15, 0.2) is 46.9 Å². The molecule has 2 aromatic carbocycles. The molecule has 4 heteroatoms. The molecule has 1 aromatic heterocycles. The zero-order chi connectivity index (χ0) is 16.4. The first-order valence-electron chi connectivity index (χ1n) is 7.49. The van der Waals surface area contributed by atoms with E-state index < -0.39 is 0 Å². The molecule has 0 unspecified atom stereocenters. The summed E-state index contributed by atoms with van der Waals surface area (Å²) in [4.78, 5) is 12.4. The Morgan fingerprint density at radius 2 is 1.87 bits per heavy atom. The molecule has 0 radical (unpaired) electrons. The lowest BCUT2D eigenvalue weighted by molar-refractivity contribution is 0.0924. The van der Waals surface area contributed by atoms with Crippen LogP contribution in [0.3, 0.4) is 0 Å². The van der Waals surface area contributed by atoms with Crippen molar-refractivity contribution in [1.29, 1.82) is 0 Å². The van der Waals surface area contributed by atoms with Crippen molar-refractivity contribution in [3.05, 3.63) is 64.9 Å². The lowest BCUT2D eigenvalue weighted by Crippen LogP contribution is -2.22. The fourth-order valence-electron chi connectivity index (χ4n) is 2.51. The van der Waals surface area contributed by atoms with E-state index in [1.807, 2.05) is 56.3 Å². The second-order valence-corrected chi connectivity index (χ2v) is 5.59. The topological polar surface area (TPSA) is 51.5 Å². The second kappa shape index (κ2) is 6.16. The van der Waals surface area contributed by atoms with Gasteiger partial charge in [0.1, 0.15) is 11.3 Å². The average molecular weight is 309 g/mol. The van der Waals surface area contributed by atoms with Crippen molar-refractivity contribution >= 4 is 16.9 Å². The van der Waals surface area contributed by atoms with E-state index in [1.54, 1.807) is 7.11 Å². The third-order valence-electron chi connectivity index (χ3n) is 3.92. The van der Waals surface area contributed by atoms with Gasteiger partial charge in [-0.1, -0.05) is 29.8 Å². The zero-order valence-corrected chi connectivity index (χ0v) is 13.5.